The highest BCUT2D eigenvalue weighted by Crippen LogP contribution is 2.51. The predicted molar refractivity (Wildman–Crippen MR) is 58.0 cm³/mol. The smallest absolute Gasteiger partial charge is 0.123 e. The second-order valence-electron chi connectivity index (χ2n) is 5.96. The van der Waals surface area contributed by atoms with Crippen molar-refractivity contribution in [2.24, 2.45) is 23.2 Å². The third kappa shape index (κ3) is 1.74. The number of hydrogen-bond acceptors (Lipinski definition) is 1. The fourth-order valence-electron chi connectivity index (χ4n) is 3.78. The topological polar surface area (TPSA) is 17.1 Å². The van der Waals surface area contributed by atoms with E-state index < -0.39 is 0 Å². The molecule has 2 aliphatic carbocycles. The maximum atomic E-state index is 10.8. The summed E-state index contributed by atoms with van der Waals surface area (Å²) in [6.45, 7) is 4.84. The average Bonchev–Trinajstić information content (AvgIpc) is 2.16. The molecule has 2 saturated carbocycles. The van der Waals surface area contributed by atoms with Gasteiger partial charge >= 0.3 is 0 Å². The summed E-state index contributed by atoms with van der Waals surface area (Å²) in [7, 11) is 0. The zero-order valence-electron chi connectivity index (χ0n) is 9.46. The third-order valence-corrected chi connectivity index (χ3v) is 4.62. The van der Waals surface area contributed by atoms with Gasteiger partial charge in [0, 0.05) is 5.92 Å². The van der Waals surface area contributed by atoms with Crippen LogP contribution < -0.4 is 0 Å². The van der Waals surface area contributed by atoms with E-state index in [1.807, 2.05) is 0 Å². The van der Waals surface area contributed by atoms with Crippen molar-refractivity contribution in [3.63, 3.8) is 0 Å². The highest BCUT2D eigenvalue weighted by Gasteiger charge is 2.41. The summed E-state index contributed by atoms with van der Waals surface area (Å²) < 4.78 is 0. The lowest BCUT2D eigenvalue weighted by Crippen LogP contribution is -2.39. The predicted octanol–water partition coefficient (Wildman–Crippen LogP) is 3.43. The van der Waals surface area contributed by atoms with Crippen LogP contribution in [0.15, 0.2) is 0 Å². The van der Waals surface area contributed by atoms with Crippen LogP contribution in [0.2, 0.25) is 0 Å². The van der Waals surface area contributed by atoms with Gasteiger partial charge in [-0.25, -0.2) is 0 Å². The molecule has 0 bridgehead atoms. The van der Waals surface area contributed by atoms with Gasteiger partial charge in [0.2, 0.25) is 0 Å². The van der Waals surface area contributed by atoms with Crippen LogP contribution in [0.25, 0.3) is 0 Å². The van der Waals surface area contributed by atoms with E-state index in [9.17, 15) is 4.79 Å². The number of hydrogen-bond donors (Lipinski definition) is 0. The van der Waals surface area contributed by atoms with Crippen molar-refractivity contribution in [1.82, 2.24) is 0 Å². The first-order valence-electron chi connectivity index (χ1n) is 6.09. The Kier molecular flexibility index (Phi) is 2.68. The number of carbonyl (C=O) groups is 1. The molecule has 0 spiro atoms. The average molecular weight is 194 g/mol. The van der Waals surface area contributed by atoms with Crippen molar-refractivity contribution < 1.29 is 4.79 Å². The van der Waals surface area contributed by atoms with Crippen LogP contribution in [0.4, 0.5) is 0 Å². The summed E-state index contributed by atoms with van der Waals surface area (Å²) in [6.07, 6.45) is 8.95. The van der Waals surface area contributed by atoms with Crippen LogP contribution in [0.5, 0.6) is 0 Å². The van der Waals surface area contributed by atoms with Crippen molar-refractivity contribution in [2.75, 3.05) is 0 Å². The van der Waals surface area contributed by atoms with E-state index in [-0.39, 0.29) is 0 Å². The standard InChI is InChI=1S/C13H22O/c1-13(2)7-3-4-11-8-10(9-14)5-6-12(11)13/h9-12H,3-8H2,1-2H3. The van der Waals surface area contributed by atoms with E-state index in [0.717, 1.165) is 18.3 Å². The molecule has 0 aromatic heterocycles. The summed E-state index contributed by atoms with van der Waals surface area (Å²) >= 11 is 0. The van der Waals surface area contributed by atoms with Gasteiger partial charge in [-0.15, -0.1) is 0 Å². The highest BCUT2D eigenvalue weighted by atomic mass is 16.1. The Balaban J connectivity index is 2.07. The molecular weight excluding hydrogens is 172 g/mol. The molecule has 0 aromatic rings. The van der Waals surface area contributed by atoms with Gasteiger partial charge in [0.25, 0.3) is 0 Å². The Morgan fingerprint density at radius 2 is 2.00 bits per heavy atom. The normalized spacial score (nSPS) is 41.4. The molecule has 0 saturated heterocycles. The minimum absolute atomic E-state index is 0.380. The fourth-order valence-corrected chi connectivity index (χ4v) is 3.78. The van der Waals surface area contributed by atoms with Gasteiger partial charge in [0.1, 0.15) is 6.29 Å². The summed E-state index contributed by atoms with van der Waals surface area (Å²) in [5.74, 6) is 2.13. The molecule has 1 nitrogen and oxygen atoms in total. The minimum Gasteiger partial charge on any atom is -0.303 e. The van der Waals surface area contributed by atoms with E-state index in [1.54, 1.807) is 0 Å². The van der Waals surface area contributed by atoms with E-state index in [1.165, 1.54) is 38.4 Å². The molecule has 0 amide bonds. The zero-order chi connectivity index (χ0) is 10.2. The monoisotopic (exact) mass is 194 g/mol. The molecule has 3 unspecified atom stereocenters. The van der Waals surface area contributed by atoms with E-state index in [0.29, 0.717) is 11.3 Å². The molecule has 0 N–H and O–H groups in total. The van der Waals surface area contributed by atoms with Crippen LogP contribution in [-0.2, 0) is 4.79 Å². The second kappa shape index (κ2) is 3.67. The van der Waals surface area contributed by atoms with Crippen LogP contribution in [0, 0.1) is 23.2 Å². The van der Waals surface area contributed by atoms with Gasteiger partial charge in [-0.05, 0) is 42.9 Å². The molecule has 0 aliphatic heterocycles. The van der Waals surface area contributed by atoms with Crippen LogP contribution in [0.1, 0.15) is 52.4 Å². The van der Waals surface area contributed by atoms with Crippen molar-refractivity contribution >= 4 is 6.29 Å². The third-order valence-electron chi connectivity index (χ3n) is 4.62. The number of carbonyl (C=O) groups excluding carboxylic acids is 1. The largest absolute Gasteiger partial charge is 0.303 e. The van der Waals surface area contributed by atoms with Crippen LogP contribution >= 0.6 is 0 Å². The Labute approximate surface area is 87.3 Å². The molecule has 0 heterocycles. The number of aldehydes is 1. The fraction of sp³-hybridized carbons (Fsp3) is 0.923. The molecule has 0 radical (unpaired) electrons. The quantitative estimate of drug-likeness (QED) is 0.584. The first-order valence-corrected chi connectivity index (χ1v) is 6.09. The first kappa shape index (κ1) is 10.2. The molecule has 2 rings (SSSR count). The van der Waals surface area contributed by atoms with Gasteiger partial charge in [-0.1, -0.05) is 26.7 Å². The van der Waals surface area contributed by atoms with Gasteiger partial charge in [0.15, 0.2) is 0 Å². The lowest BCUT2D eigenvalue weighted by Gasteiger charge is -2.48. The molecule has 1 heteroatoms. The van der Waals surface area contributed by atoms with Crippen LogP contribution in [-0.4, -0.2) is 6.29 Å². The lowest BCUT2D eigenvalue weighted by atomic mass is 9.57. The highest BCUT2D eigenvalue weighted by molar-refractivity contribution is 5.53. The van der Waals surface area contributed by atoms with E-state index in [2.05, 4.69) is 13.8 Å². The van der Waals surface area contributed by atoms with Gasteiger partial charge in [-0.3, -0.25) is 0 Å². The van der Waals surface area contributed by atoms with Crippen LogP contribution in [0.3, 0.4) is 0 Å². The van der Waals surface area contributed by atoms with E-state index >= 15 is 0 Å². The molecule has 14 heavy (non-hydrogen) atoms. The van der Waals surface area contributed by atoms with Gasteiger partial charge < -0.3 is 4.79 Å². The molecule has 2 aliphatic rings. The van der Waals surface area contributed by atoms with Gasteiger partial charge in [0.05, 0.1) is 0 Å². The van der Waals surface area contributed by atoms with Crippen molar-refractivity contribution in [3.8, 4) is 0 Å². The zero-order valence-corrected chi connectivity index (χ0v) is 9.46. The first-order chi connectivity index (χ1) is 6.63. The van der Waals surface area contributed by atoms with Crippen molar-refractivity contribution in [2.45, 2.75) is 52.4 Å². The Hall–Kier alpha value is -0.330. The Morgan fingerprint density at radius 3 is 2.71 bits per heavy atom. The van der Waals surface area contributed by atoms with Crippen molar-refractivity contribution in [3.05, 3.63) is 0 Å². The summed E-state index contributed by atoms with van der Waals surface area (Å²) in [5, 5.41) is 0. The molecule has 80 valence electrons. The molecular formula is C13H22O. The number of rotatable bonds is 1. The second-order valence-corrected chi connectivity index (χ2v) is 5.96. The molecule has 0 aromatic carbocycles. The SMILES string of the molecule is CC1(C)CCCC2CC(C=O)CCC21. The summed E-state index contributed by atoms with van der Waals surface area (Å²) in [4.78, 5) is 10.8. The maximum Gasteiger partial charge on any atom is 0.123 e. The van der Waals surface area contributed by atoms with Gasteiger partial charge in [-0.2, -0.15) is 0 Å². The Morgan fingerprint density at radius 1 is 1.21 bits per heavy atom. The Bertz CT molecular complexity index is 219. The molecule has 2 fully saturated rings. The minimum atomic E-state index is 0.380. The van der Waals surface area contributed by atoms with E-state index in [4.69, 9.17) is 0 Å². The maximum absolute atomic E-state index is 10.8. The summed E-state index contributed by atoms with van der Waals surface area (Å²) in [6, 6.07) is 0. The lowest BCUT2D eigenvalue weighted by molar-refractivity contribution is -0.114. The molecule has 3 atom stereocenters. The number of fused-ring (bicyclic) bond motifs is 1. The summed E-state index contributed by atoms with van der Waals surface area (Å²) in [5.41, 5.74) is 0.538. The van der Waals surface area contributed by atoms with Crippen molar-refractivity contribution in [1.29, 1.82) is 0 Å².